The van der Waals surface area contributed by atoms with Crippen molar-refractivity contribution in [2.24, 2.45) is 0 Å². The lowest BCUT2D eigenvalue weighted by Crippen LogP contribution is -2.43. The Morgan fingerprint density at radius 3 is 2.53 bits per heavy atom. The summed E-state index contributed by atoms with van der Waals surface area (Å²) in [6, 6.07) is 3.71. The predicted octanol–water partition coefficient (Wildman–Crippen LogP) is 1.42. The van der Waals surface area contributed by atoms with E-state index in [9.17, 15) is 8.42 Å². The molecule has 104 valence electrons. The summed E-state index contributed by atoms with van der Waals surface area (Å²) in [6.07, 6.45) is 6.64. The number of piperidine rings is 1. The molecule has 19 heavy (non-hydrogen) atoms. The lowest BCUT2D eigenvalue weighted by atomic mass is 10.1. The lowest BCUT2D eigenvalue weighted by molar-refractivity contribution is 0.134. The lowest BCUT2D eigenvalue weighted by Gasteiger charge is -2.31. The molecular weight excluding hydrogens is 264 g/mol. The fraction of sp³-hybridized carbons (Fsp3) is 0.615. The second-order valence-corrected chi connectivity index (χ2v) is 7.36. The van der Waals surface area contributed by atoms with Gasteiger partial charge in [-0.3, -0.25) is 4.98 Å². The van der Waals surface area contributed by atoms with Crippen molar-refractivity contribution in [1.29, 1.82) is 0 Å². The third-order valence-corrected chi connectivity index (χ3v) is 6.04. The molecule has 1 aromatic heterocycles. The van der Waals surface area contributed by atoms with Crippen LogP contribution in [0.2, 0.25) is 0 Å². The molecular formula is C13H18N2O3S. The van der Waals surface area contributed by atoms with Crippen LogP contribution >= 0.6 is 0 Å². The van der Waals surface area contributed by atoms with E-state index in [1.54, 1.807) is 16.7 Å². The van der Waals surface area contributed by atoms with Crippen molar-refractivity contribution in [3.05, 3.63) is 24.5 Å². The van der Waals surface area contributed by atoms with Crippen LogP contribution < -0.4 is 4.74 Å². The van der Waals surface area contributed by atoms with E-state index in [4.69, 9.17) is 4.74 Å². The number of sulfonamides is 1. The smallest absolute Gasteiger partial charge is 0.216 e. The topological polar surface area (TPSA) is 59.5 Å². The minimum atomic E-state index is -3.02. The van der Waals surface area contributed by atoms with Gasteiger partial charge in [0.05, 0.1) is 11.4 Å². The molecule has 0 N–H and O–H groups in total. The van der Waals surface area contributed by atoms with Gasteiger partial charge in [0.2, 0.25) is 10.0 Å². The van der Waals surface area contributed by atoms with Crippen molar-refractivity contribution in [1.82, 2.24) is 9.29 Å². The van der Waals surface area contributed by atoms with Gasteiger partial charge in [-0.15, -0.1) is 0 Å². The summed E-state index contributed by atoms with van der Waals surface area (Å²) in [5, 5.41) is -0.108. The zero-order valence-corrected chi connectivity index (χ0v) is 11.6. The summed E-state index contributed by atoms with van der Waals surface area (Å²) in [5.74, 6) is 0.756. The monoisotopic (exact) mass is 282 g/mol. The van der Waals surface area contributed by atoms with Gasteiger partial charge >= 0.3 is 0 Å². The standard InChI is InChI=1S/C13H18N2O3S/c16-19(17,13-3-4-13)15-8-5-11(6-9-15)18-12-2-1-7-14-10-12/h1-2,7,10-11,13H,3-6,8-9H2. The van der Waals surface area contributed by atoms with Crippen molar-refractivity contribution in [3.63, 3.8) is 0 Å². The quantitative estimate of drug-likeness (QED) is 0.838. The summed E-state index contributed by atoms with van der Waals surface area (Å²) < 4.78 is 31.6. The van der Waals surface area contributed by atoms with Gasteiger partial charge in [-0.2, -0.15) is 0 Å². The number of pyridine rings is 1. The Morgan fingerprint density at radius 2 is 1.95 bits per heavy atom. The van der Waals surface area contributed by atoms with Gasteiger partial charge < -0.3 is 4.74 Å². The molecule has 0 spiro atoms. The first-order valence-electron chi connectivity index (χ1n) is 6.72. The Morgan fingerprint density at radius 1 is 1.21 bits per heavy atom. The van der Waals surface area contributed by atoms with E-state index in [1.807, 2.05) is 12.1 Å². The van der Waals surface area contributed by atoms with E-state index in [0.717, 1.165) is 31.4 Å². The number of aromatic nitrogens is 1. The molecule has 2 fully saturated rings. The van der Waals surface area contributed by atoms with Gasteiger partial charge in [0.15, 0.2) is 0 Å². The van der Waals surface area contributed by atoms with E-state index < -0.39 is 10.0 Å². The molecule has 0 atom stereocenters. The van der Waals surface area contributed by atoms with Crippen molar-refractivity contribution in [2.75, 3.05) is 13.1 Å². The maximum absolute atomic E-state index is 12.1. The second-order valence-electron chi connectivity index (χ2n) is 5.15. The molecule has 5 nitrogen and oxygen atoms in total. The Labute approximate surface area is 113 Å². The fourth-order valence-electron chi connectivity index (χ4n) is 2.39. The van der Waals surface area contributed by atoms with Gasteiger partial charge in [0.1, 0.15) is 11.9 Å². The van der Waals surface area contributed by atoms with E-state index in [0.29, 0.717) is 13.1 Å². The average Bonchev–Trinajstić information content (AvgIpc) is 3.25. The average molecular weight is 282 g/mol. The molecule has 0 bridgehead atoms. The Balaban J connectivity index is 1.55. The summed E-state index contributed by atoms with van der Waals surface area (Å²) >= 11 is 0. The first-order valence-corrected chi connectivity index (χ1v) is 8.22. The molecule has 1 saturated carbocycles. The van der Waals surface area contributed by atoms with E-state index in [-0.39, 0.29) is 11.4 Å². The van der Waals surface area contributed by atoms with Crippen molar-refractivity contribution in [2.45, 2.75) is 37.0 Å². The fourth-order valence-corrected chi connectivity index (χ4v) is 4.26. The van der Waals surface area contributed by atoms with Crippen LogP contribution in [0, 0.1) is 0 Å². The van der Waals surface area contributed by atoms with Gasteiger partial charge in [-0.05, 0) is 37.8 Å². The van der Waals surface area contributed by atoms with Crippen LogP contribution in [0.3, 0.4) is 0 Å². The highest BCUT2D eigenvalue weighted by atomic mass is 32.2. The maximum Gasteiger partial charge on any atom is 0.216 e. The summed E-state index contributed by atoms with van der Waals surface area (Å²) in [4.78, 5) is 4.00. The molecule has 6 heteroatoms. The zero-order valence-electron chi connectivity index (χ0n) is 10.7. The van der Waals surface area contributed by atoms with E-state index in [1.165, 1.54) is 0 Å². The number of ether oxygens (including phenoxy) is 1. The van der Waals surface area contributed by atoms with Crippen LogP contribution in [-0.4, -0.2) is 42.2 Å². The molecule has 1 aliphatic heterocycles. The Kier molecular flexibility index (Phi) is 3.45. The van der Waals surface area contributed by atoms with Gasteiger partial charge in [0.25, 0.3) is 0 Å². The first-order chi connectivity index (χ1) is 9.16. The number of hydrogen-bond donors (Lipinski definition) is 0. The molecule has 1 aliphatic carbocycles. The molecule has 0 unspecified atom stereocenters. The zero-order chi connectivity index (χ0) is 13.3. The van der Waals surface area contributed by atoms with Crippen LogP contribution in [0.25, 0.3) is 0 Å². The SMILES string of the molecule is O=S(=O)(C1CC1)N1CCC(Oc2cccnc2)CC1. The van der Waals surface area contributed by atoms with Crippen LogP contribution in [-0.2, 0) is 10.0 Å². The summed E-state index contributed by atoms with van der Waals surface area (Å²) in [6.45, 7) is 1.15. The van der Waals surface area contributed by atoms with Gasteiger partial charge in [0, 0.05) is 19.3 Å². The largest absolute Gasteiger partial charge is 0.489 e. The highest BCUT2D eigenvalue weighted by molar-refractivity contribution is 7.90. The van der Waals surface area contributed by atoms with E-state index in [2.05, 4.69) is 4.98 Å². The molecule has 1 saturated heterocycles. The third-order valence-electron chi connectivity index (χ3n) is 3.64. The molecule has 1 aromatic rings. The van der Waals surface area contributed by atoms with Gasteiger partial charge in [-0.25, -0.2) is 12.7 Å². The van der Waals surface area contributed by atoms with E-state index >= 15 is 0 Å². The van der Waals surface area contributed by atoms with Crippen LogP contribution in [0.5, 0.6) is 5.75 Å². The number of hydrogen-bond acceptors (Lipinski definition) is 4. The Hall–Kier alpha value is -1.14. The van der Waals surface area contributed by atoms with Crippen molar-refractivity contribution >= 4 is 10.0 Å². The van der Waals surface area contributed by atoms with Crippen molar-refractivity contribution in [3.8, 4) is 5.75 Å². The van der Waals surface area contributed by atoms with Crippen LogP contribution in [0.15, 0.2) is 24.5 Å². The van der Waals surface area contributed by atoms with Gasteiger partial charge in [-0.1, -0.05) is 0 Å². The highest BCUT2D eigenvalue weighted by Gasteiger charge is 2.41. The minimum Gasteiger partial charge on any atom is -0.489 e. The molecule has 0 radical (unpaired) electrons. The first kappa shape index (κ1) is 12.9. The molecule has 0 amide bonds. The highest BCUT2D eigenvalue weighted by Crippen LogP contribution is 2.32. The molecule has 3 rings (SSSR count). The normalized spacial score (nSPS) is 22.3. The third kappa shape index (κ3) is 2.90. The molecule has 2 heterocycles. The molecule has 2 aliphatic rings. The number of rotatable bonds is 4. The summed E-state index contributed by atoms with van der Waals surface area (Å²) in [7, 11) is -3.02. The second kappa shape index (κ2) is 5.09. The maximum atomic E-state index is 12.1. The minimum absolute atomic E-state index is 0.0925. The van der Waals surface area contributed by atoms with Crippen molar-refractivity contribution < 1.29 is 13.2 Å². The predicted molar refractivity (Wildman–Crippen MR) is 71.4 cm³/mol. The molecule has 0 aromatic carbocycles. The van der Waals surface area contributed by atoms with Crippen LogP contribution in [0.1, 0.15) is 25.7 Å². The van der Waals surface area contributed by atoms with Crippen LogP contribution in [0.4, 0.5) is 0 Å². The summed E-state index contributed by atoms with van der Waals surface area (Å²) in [5.41, 5.74) is 0. The Bertz CT molecular complexity index is 520. The number of nitrogens with zero attached hydrogens (tertiary/aromatic N) is 2.